The first-order valence-electron chi connectivity index (χ1n) is 3.91. The molecule has 0 N–H and O–H groups in total. The number of nitro benzene ring substituents is 1. The Morgan fingerprint density at radius 2 is 2.27 bits per heavy atom. The van der Waals surface area contributed by atoms with Gasteiger partial charge in [0.15, 0.2) is 5.75 Å². The van der Waals surface area contributed by atoms with Crippen molar-refractivity contribution in [3.8, 4) is 11.8 Å². The highest BCUT2D eigenvalue weighted by Crippen LogP contribution is 2.24. The van der Waals surface area contributed by atoms with E-state index in [9.17, 15) is 14.9 Å². The first-order chi connectivity index (χ1) is 7.04. The lowest BCUT2D eigenvalue weighted by atomic mass is 10.2. The van der Waals surface area contributed by atoms with Crippen LogP contribution in [0.5, 0.6) is 5.75 Å². The number of non-ortho nitro benzene ring substituents is 1. The summed E-state index contributed by atoms with van der Waals surface area (Å²) in [5.74, 6) is -0.730. The van der Waals surface area contributed by atoms with E-state index in [-0.39, 0.29) is 17.0 Å². The minimum Gasteiger partial charge on any atom is -0.425 e. The summed E-state index contributed by atoms with van der Waals surface area (Å²) < 4.78 is 4.66. The SMILES string of the molecule is CC(=O)Oc1cc([N+](=O)[O-])ccc1C#N. The molecule has 0 unspecified atom stereocenters. The van der Waals surface area contributed by atoms with Gasteiger partial charge in [0.1, 0.15) is 6.07 Å². The second kappa shape index (κ2) is 4.19. The molecule has 0 amide bonds. The smallest absolute Gasteiger partial charge is 0.308 e. The van der Waals surface area contributed by atoms with Gasteiger partial charge in [-0.2, -0.15) is 5.26 Å². The monoisotopic (exact) mass is 206 g/mol. The summed E-state index contributed by atoms with van der Waals surface area (Å²) in [5.41, 5.74) is -0.152. The van der Waals surface area contributed by atoms with Crippen LogP contribution in [0, 0.1) is 21.4 Å². The molecule has 1 aromatic rings. The standard InChI is InChI=1S/C9H6N2O4/c1-6(12)15-9-4-8(11(13)14)3-2-7(9)5-10/h2-4H,1H3. The third kappa shape index (κ3) is 2.51. The van der Waals surface area contributed by atoms with Gasteiger partial charge in [0.2, 0.25) is 0 Å². The molecule has 6 heteroatoms. The Morgan fingerprint density at radius 1 is 1.60 bits per heavy atom. The fourth-order valence-electron chi connectivity index (χ4n) is 0.956. The Kier molecular flexibility index (Phi) is 2.98. The van der Waals surface area contributed by atoms with Gasteiger partial charge < -0.3 is 4.74 Å². The van der Waals surface area contributed by atoms with Crippen LogP contribution >= 0.6 is 0 Å². The molecule has 1 aromatic carbocycles. The van der Waals surface area contributed by atoms with E-state index >= 15 is 0 Å². The summed E-state index contributed by atoms with van der Waals surface area (Å²) >= 11 is 0. The van der Waals surface area contributed by atoms with E-state index < -0.39 is 10.9 Å². The van der Waals surface area contributed by atoms with Crippen LogP contribution in [0.1, 0.15) is 12.5 Å². The molecule has 0 saturated carbocycles. The van der Waals surface area contributed by atoms with Gasteiger partial charge in [0.25, 0.3) is 5.69 Å². The Hall–Kier alpha value is -2.42. The van der Waals surface area contributed by atoms with Crippen molar-refractivity contribution >= 4 is 11.7 Å². The zero-order valence-electron chi connectivity index (χ0n) is 7.76. The van der Waals surface area contributed by atoms with Crippen molar-refractivity contribution in [1.29, 1.82) is 5.26 Å². The number of nitriles is 1. The summed E-state index contributed by atoms with van der Waals surface area (Å²) in [5, 5.41) is 19.1. The van der Waals surface area contributed by atoms with Crippen LogP contribution in [0.15, 0.2) is 18.2 Å². The van der Waals surface area contributed by atoms with Gasteiger partial charge in [0, 0.05) is 13.0 Å². The minimum atomic E-state index is -0.632. The normalized spacial score (nSPS) is 9.07. The van der Waals surface area contributed by atoms with E-state index in [2.05, 4.69) is 4.74 Å². The van der Waals surface area contributed by atoms with Gasteiger partial charge in [-0.05, 0) is 6.07 Å². The molecule has 15 heavy (non-hydrogen) atoms. The Morgan fingerprint density at radius 3 is 2.73 bits per heavy atom. The number of carbonyl (C=O) groups excluding carboxylic acids is 1. The highest BCUT2D eigenvalue weighted by atomic mass is 16.6. The van der Waals surface area contributed by atoms with E-state index in [1.54, 1.807) is 6.07 Å². The maximum absolute atomic E-state index is 10.7. The number of rotatable bonds is 2. The van der Waals surface area contributed by atoms with Crippen LogP contribution in [-0.2, 0) is 4.79 Å². The molecule has 0 bridgehead atoms. The zero-order valence-corrected chi connectivity index (χ0v) is 7.76. The summed E-state index contributed by atoms with van der Waals surface area (Å²) in [6.45, 7) is 1.15. The quantitative estimate of drug-likeness (QED) is 0.315. The molecule has 0 spiro atoms. The number of nitrogens with zero attached hydrogens (tertiary/aromatic N) is 2. The lowest BCUT2D eigenvalue weighted by molar-refractivity contribution is -0.384. The Bertz CT molecular complexity index is 462. The molecule has 76 valence electrons. The van der Waals surface area contributed by atoms with Crippen molar-refractivity contribution in [2.24, 2.45) is 0 Å². The number of ether oxygens (including phenoxy) is 1. The molecule has 0 aliphatic rings. The topological polar surface area (TPSA) is 93.2 Å². The lowest BCUT2D eigenvalue weighted by Gasteiger charge is -2.02. The second-order valence-electron chi connectivity index (χ2n) is 2.64. The highest BCUT2D eigenvalue weighted by molar-refractivity contribution is 5.71. The van der Waals surface area contributed by atoms with Gasteiger partial charge in [0.05, 0.1) is 16.6 Å². The van der Waals surface area contributed by atoms with Gasteiger partial charge in [-0.1, -0.05) is 0 Å². The van der Waals surface area contributed by atoms with Crippen molar-refractivity contribution in [1.82, 2.24) is 0 Å². The van der Waals surface area contributed by atoms with E-state index in [0.717, 1.165) is 13.0 Å². The minimum absolute atomic E-state index is 0.0794. The van der Waals surface area contributed by atoms with Gasteiger partial charge >= 0.3 is 5.97 Å². The molecular weight excluding hydrogens is 200 g/mol. The van der Waals surface area contributed by atoms with Crippen LogP contribution < -0.4 is 4.74 Å². The number of hydrogen-bond acceptors (Lipinski definition) is 5. The summed E-state index contributed by atoms with van der Waals surface area (Å²) in [4.78, 5) is 20.5. The lowest BCUT2D eigenvalue weighted by Crippen LogP contribution is -2.03. The van der Waals surface area contributed by atoms with E-state index in [0.29, 0.717) is 0 Å². The molecule has 0 aromatic heterocycles. The summed E-state index contributed by atoms with van der Waals surface area (Å²) in [6, 6.07) is 5.21. The first-order valence-corrected chi connectivity index (χ1v) is 3.91. The van der Waals surface area contributed by atoms with Crippen LogP contribution in [0.25, 0.3) is 0 Å². The van der Waals surface area contributed by atoms with Crippen molar-refractivity contribution < 1.29 is 14.5 Å². The van der Waals surface area contributed by atoms with Crippen molar-refractivity contribution in [2.45, 2.75) is 6.92 Å². The van der Waals surface area contributed by atoms with Crippen molar-refractivity contribution in [3.05, 3.63) is 33.9 Å². The molecule has 0 heterocycles. The molecule has 6 nitrogen and oxygen atoms in total. The average Bonchev–Trinajstić information content (AvgIpc) is 2.16. The molecule has 0 saturated heterocycles. The molecule has 0 aliphatic heterocycles. The number of nitro groups is 1. The third-order valence-electron chi connectivity index (χ3n) is 1.55. The van der Waals surface area contributed by atoms with E-state index in [1.165, 1.54) is 12.1 Å². The zero-order chi connectivity index (χ0) is 11.4. The predicted molar refractivity (Wildman–Crippen MR) is 49.1 cm³/mol. The molecule has 1 rings (SSSR count). The van der Waals surface area contributed by atoms with Crippen LogP contribution in [0.4, 0.5) is 5.69 Å². The summed E-state index contributed by atoms with van der Waals surface area (Å²) in [7, 11) is 0. The van der Waals surface area contributed by atoms with Crippen molar-refractivity contribution in [3.63, 3.8) is 0 Å². The van der Waals surface area contributed by atoms with E-state index in [4.69, 9.17) is 5.26 Å². The van der Waals surface area contributed by atoms with Gasteiger partial charge in [-0.25, -0.2) is 0 Å². The fraction of sp³-hybridized carbons (Fsp3) is 0.111. The number of carbonyl (C=O) groups is 1. The molecule has 0 aliphatic carbocycles. The van der Waals surface area contributed by atoms with Crippen molar-refractivity contribution in [2.75, 3.05) is 0 Å². The fourth-order valence-corrected chi connectivity index (χ4v) is 0.956. The predicted octanol–water partition coefficient (Wildman–Crippen LogP) is 1.39. The largest absolute Gasteiger partial charge is 0.425 e. The number of hydrogen-bond donors (Lipinski definition) is 0. The Labute approximate surface area is 84.8 Å². The first kappa shape index (κ1) is 10.7. The molecule has 0 fully saturated rings. The average molecular weight is 206 g/mol. The molecule has 0 radical (unpaired) electrons. The maximum atomic E-state index is 10.7. The third-order valence-corrected chi connectivity index (χ3v) is 1.55. The Balaban J connectivity index is 3.20. The van der Waals surface area contributed by atoms with Crippen LogP contribution in [0.2, 0.25) is 0 Å². The maximum Gasteiger partial charge on any atom is 0.308 e. The van der Waals surface area contributed by atoms with Crippen LogP contribution in [-0.4, -0.2) is 10.9 Å². The van der Waals surface area contributed by atoms with Gasteiger partial charge in [-0.15, -0.1) is 0 Å². The number of esters is 1. The highest BCUT2D eigenvalue weighted by Gasteiger charge is 2.12. The number of benzene rings is 1. The second-order valence-corrected chi connectivity index (χ2v) is 2.64. The van der Waals surface area contributed by atoms with Gasteiger partial charge in [-0.3, -0.25) is 14.9 Å². The molecule has 0 atom stereocenters. The molecular formula is C9H6N2O4. The van der Waals surface area contributed by atoms with Crippen LogP contribution in [0.3, 0.4) is 0 Å². The van der Waals surface area contributed by atoms with E-state index in [1.807, 2.05) is 0 Å². The summed E-state index contributed by atoms with van der Waals surface area (Å²) in [6.07, 6.45) is 0.